The first kappa shape index (κ1) is 15.6. The predicted molar refractivity (Wildman–Crippen MR) is 74.6 cm³/mol. The van der Waals surface area contributed by atoms with Crippen LogP contribution in [0.5, 0.6) is 0 Å². The predicted octanol–water partition coefficient (Wildman–Crippen LogP) is 0.923. The number of aromatic nitrogens is 2. The molecule has 0 unspecified atom stereocenters. The molecular formula is C12H17N4O2P. The molecular weight excluding hydrogens is 263 g/mol. The Hall–Kier alpha value is -1.43. The van der Waals surface area contributed by atoms with Gasteiger partial charge in [-0.1, -0.05) is 12.1 Å². The normalized spacial score (nSPS) is 9.89. The Balaban J connectivity index is 0.000000399. The Morgan fingerprint density at radius 3 is 1.68 bits per heavy atom. The summed E-state index contributed by atoms with van der Waals surface area (Å²) in [6.07, 6.45) is 3.61. The van der Waals surface area contributed by atoms with Crippen molar-refractivity contribution in [3.63, 3.8) is 0 Å². The Kier molecular flexibility index (Phi) is 7.81. The van der Waals surface area contributed by atoms with E-state index in [1.165, 1.54) is 0 Å². The van der Waals surface area contributed by atoms with Gasteiger partial charge in [0, 0.05) is 25.5 Å². The van der Waals surface area contributed by atoms with Gasteiger partial charge in [0.1, 0.15) is 0 Å². The van der Waals surface area contributed by atoms with Crippen LogP contribution in [-0.4, -0.2) is 19.8 Å². The maximum Gasteiger partial charge on any atom is 0.247 e. The zero-order chi connectivity index (χ0) is 13.9. The van der Waals surface area contributed by atoms with Crippen molar-refractivity contribution in [1.29, 1.82) is 0 Å². The van der Waals surface area contributed by atoms with E-state index in [0.717, 1.165) is 24.5 Å². The number of nitrogens with zero attached hydrogens (tertiary/aromatic N) is 2. The topological polar surface area (TPSA) is 104 Å². The molecule has 7 heteroatoms. The molecule has 5 N–H and O–H groups in total. The number of nitrogens with two attached hydrogens (primary N) is 1. The fourth-order valence-electron chi connectivity index (χ4n) is 1.32. The Bertz CT molecular complexity index is 400. The van der Waals surface area contributed by atoms with Gasteiger partial charge in [-0.3, -0.25) is 15.5 Å². The molecule has 0 atom stereocenters. The van der Waals surface area contributed by atoms with Crippen molar-refractivity contribution >= 4 is 8.53 Å². The summed E-state index contributed by atoms with van der Waals surface area (Å²) in [4.78, 5) is 23.4. The molecule has 19 heavy (non-hydrogen) atoms. The van der Waals surface area contributed by atoms with Crippen molar-refractivity contribution in [2.45, 2.75) is 13.1 Å². The monoisotopic (exact) mass is 280 g/mol. The smallest absolute Gasteiger partial charge is 0.247 e. The second-order valence-corrected chi connectivity index (χ2v) is 4.21. The highest BCUT2D eigenvalue weighted by molar-refractivity contribution is 7.42. The van der Waals surface area contributed by atoms with E-state index in [1.54, 1.807) is 12.4 Å². The molecule has 0 bridgehead atoms. The molecule has 0 amide bonds. The van der Waals surface area contributed by atoms with E-state index in [-0.39, 0.29) is 0 Å². The van der Waals surface area contributed by atoms with Crippen LogP contribution in [0.4, 0.5) is 0 Å². The van der Waals surface area contributed by atoms with E-state index < -0.39 is 8.53 Å². The molecule has 2 aromatic rings. The maximum atomic E-state index is 7.45. The van der Waals surface area contributed by atoms with Crippen LogP contribution in [-0.2, 0) is 13.1 Å². The molecule has 0 aliphatic carbocycles. The number of rotatable bonds is 4. The van der Waals surface area contributed by atoms with Crippen LogP contribution in [0.25, 0.3) is 0 Å². The third-order valence-electron chi connectivity index (χ3n) is 2.06. The van der Waals surface area contributed by atoms with Gasteiger partial charge in [-0.05, 0) is 24.3 Å². The number of pyridine rings is 2. The van der Waals surface area contributed by atoms with Crippen molar-refractivity contribution < 1.29 is 9.79 Å². The average Bonchev–Trinajstić information content (AvgIpc) is 2.41. The Labute approximate surface area is 113 Å². The van der Waals surface area contributed by atoms with Crippen LogP contribution in [0.3, 0.4) is 0 Å². The van der Waals surface area contributed by atoms with Gasteiger partial charge in [-0.15, -0.1) is 0 Å². The lowest BCUT2D eigenvalue weighted by Crippen LogP contribution is -2.14. The molecule has 2 aromatic heterocycles. The SMILES string of the molecule is NP(O)O.c1ccc(CNCc2ccccn2)nc1. The zero-order valence-corrected chi connectivity index (χ0v) is 11.2. The van der Waals surface area contributed by atoms with Gasteiger partial charge in [-0.2, -0.15) is 0 Å². The van der Waals surface area contributed by atoms with E-state index in [9.17, 15) is 0 Å². The lowest BCUT2D eigenvalue weighted by atomic mass is 10.3. The van der Waals surface area contributed by atoms with Gasteiger partial charge < -0.3 is 15.1 Å². The molecule has 0 aliphatic rings. The summed E-state index contributed by atoms with van der Waals surface area (Å²) in [7, 11) is -2.12. The summed E-state index contributed by atoms with van der Waals surface area (Å²) < 4.78 is 0. The lowest BCUT2D eigenvalue weighted by molar-refractivity contribution is 0.485. The molecule has 2 rings (SSSR count). The summed E-state index contributed by atoms with van der Waals surface area (Å²) in [6, 6.07) is 11.8. The lowest BCUT2D eigenvalue weighted by Gasteiger charge is -2.03. The third-order valence-corrected chi connectivity index (χ3v) is 2.06. The van der Waals surface area contributed by atoms with E-state index in [0.29, 0.717) is 0 Å². The molecule has 0 aromatic carbocycles. The highest BCUT2D eigenvalue weighted by atomic mass is 31.2. The van der Waals surface area contributed by atoms with Crippen molar-refractivity contribution in [1.82, 2.24) is 15.3 Å². The second-order valence-electron chi connectivity index (χ2n) is 3.57. The molecule has 2 heterocycles. The van der Waals surface area contributed by atoms with Gasteiger partial charge in [0.15, 0.2) is 0 Å². The van der Waals surface area contributed by atoms with Crippen molar-refractivity contribution in [3.05, 3.63) is 60.2 Å². The average molecular weight is 280 g/mol. The highest BCUT2D eigenvalue weighted by Gasteiger charge is 1.94. The fraction of sp³-hybridized carbons (Fsp3) is 0.167. The minimum absolute atomic E-state index is 0.775. The number of hydrogen-bond acceptors (Lipinski definition) is 6. The minimum Gasteiger partial charge on any atom is -0.338 e. The first-order valence-corrected chi connectivity index (χ1v) is 6.93. The molecule has 0 saturated carbocycles. The van der Waals surface area contributed by atoms with Crippen LogP contribution in [0.2, 0.25) is 0 Å². The van der Waals surface area contributed by atoms with Crippen LogP contribution in [0.15, 0.2) is 48.8 Å². The molecule has 0 aliphatic heterocycles. The van der Waals surface area contributed by atoms with Crippen LogP contribution in [0, 0.1) is 0 Å². The van der Waals surface area contributed by atoms with E-state index >= 15 is 0 Å². The van der Waals surface area contributed by atoms with E-state index in [4.69, 9.17) is 9.79 Å². The molecule has 0 fully saturated rings. The second kappa shape index (κ2) is 9.49. The van der Waals surface area contributed by atoms with Crippen LogP contribution < -0.4 is 10.8 Å². The summed E-state index contributed by atoms with van der Waals surface area (Å²) in [5, 5.41) is 3.29. The van der Waals surface area contributed by atoms with Crippen molar-refractivity contribution in [2.75, 3.05) is 0 Å². The highest BCUT2D eigenvalue weighted by Crippen LogP contribution is 2.05. The van der Waals surface area contributed by atoms with Gasteiger partial charge in [0.2, 0.25) is 8.53 Å². The largest absolute Gasteiger partial charge is 0.338 e. The summed E-state index contributed by atoms with van der Waals surface area (Å²) in [5.41, 5.74) is 6.39. The molecule has 6 nitrogen and oxygen atoms in total. The Morgan fingerprint density at radius 1 is 0.947 bits per heavy atom. The van der Waals surface area contributed by atoms with Gasteiger partial charge in [0.25, 0.3) is 0 Å². The van der Waals surface area contributed by atoms with Crippen molar-refractivity contribution in [2.24, 2.45) is 5.50 Å². The standard InChI is InChI=1S/C12H13N3.H4NO2P/c1-3-7-14-11(5-1)9-13-10-12-6-2-4-8-15-12;1-4(2)3/h1-8,13H,9-10H2;2-3H,1H2. The molecule has 0 spiro atoms. The molecule has 0 radical (unpaired) electrons. The van der Waals surface area contributed by atoms with Gasteiger partial charge >= 0.3 is 0 Å². The van der Waals surface area contributed by atoms with Gasteiger partial charge in [-0.25, -0.2) is 0 Å². The quantitative estimate of drug-likeness (QED) is 0.621. The Morgan fingerprint density at radius 2 is 1.37 bits per heavy atom. The number of nitrogens with one attached hydrogen (secondary N) is 1. The van der Waals surface area contributed by atoms with E-state index in [2.05, 4.69) is 20.8 Å². The van der Waals surface area contributed by atoms with E-state index in [1.807, 2.05) is 36.4 Å². The third kappa shape index (κ3) is 8.31. The van der Waals surface area contributed by atoms with Crippen molar-refractivity contribution in [3.8, 4) is 0 Å². The molecule has 0 saturated heterocycles. The number of hydrogen-bond donors (Lipinski definition) is 4. The first-order valence-electron chi connectivity index (χ1n) is 5.61. The maximum absolute atomic E-state index is 7.45. The summed E-state index contributed by atoms with van der Waals surface area (Å²) in [5.74, 6) is 0. The zero-order valence-electron chi connectivity index (χ0n) is 10.3. The first-order chi connectivity index (χ1) is 9.18. The summed E-state index contributed by atoms with van der Waals surface area (Å²) >= 11 is 0. The van der Waals surface area contributed by atoms with Gasteiger partial charge in [0.05, 0.1) is 11.4 Å². The fourth-order valence-corrected chi connectivity index (χ4v) is 1.32. The van der Waals surface area contributed by atoms with Crippen LogP contribution >= 0.6 is 8.53 Å². The molecule has 102 valence electrons. The minimum atomic E-state index is -2.12. The summed E-state index contributed by atoms with van der Waals surface area (Å²) in [6.45, 7) is 1.55. The van der Waals surface area contributed by atoms with Crippen LogP contribution in [0.1, 0.15) is 11.4 Å².